The molecule has 1 heterocycles. The number of allylic oxidation sites excluding steroid dienone is 1. The molecule has 42 heavy (non-hydrogen) atoms. The second-order valence-corrected chi connectivity index (χ2v) is 11.5. The predicted octanol–water partition coefficient (Wildman–Crippen LogP) is 8.64. The Hall–Kier alpha value is -3.86. The van der Waals surface area contributed by atoms with Crippen LogP contribution in [0.3, 0.4) is 0 Å². The smallest absolute Gasteiger partial charge is 0.157 e. The first-order chi connectivity index (χ1) is 20.7. The number of rotatable bonds is 10. The fourth-order valence-corrected chi connectivity index (χ4v) is 6.36. The van der Waals surface area contributed by atoms with Crippen molar-refractivity contribution in [3.8, 4) is 16.9 Å². The standard InChI is InChI=1S/C38H41NO3/c1-40-38(41-2)23-28-19-21-39(22-20-28)34-17-15-31(16-18-34)37-26-35(42-27-29-9-5-3-6-10-29)24-33-14-13-32(25-36(33)37)30-11-7-4-8-12-30/h3-12,15-18,24-26,28,38H,13-14,19-23,27H2,1-2H3. The molecule has 1 fully saturated rings. The third-order valence-electron chi connectivity index (χ3n) is 8.82. The summed E-state index contributed by atoms with van der Waals surface area (Å²) in [6, 6.07) is 34.8. The molecule has 0 unspecified atom stereocenters. The van der Waals surface area contributed by atoms with Crippen LogP contribution in [0.5, 0.6) is 5.75 Å². The molecule has 4 nitrogen and oxygen atoms in total. The van der Waals surface area contributed by atoms with Gasteiger partial charge in [0.05, 0.1) is 0 Å². The molecule has 0 atom stereocenters. The number of ether oxygens (including phenoxy) is 3. The molecule has 1 saturated heterocycles. The van der Waals surface area contributed by atoms with Gasteiger partial charge in [-0.05, 0) is 94.8 Å². The molecule has 0 spiro atoms. The lowest BCUT2D eigenvalue weighted by Gasteiger charge is -2.34. The van der Waals surface area contributed by atoms with E-state index < -0.39 is 0 Å². The number of anilines is 1. The van der Waals surface area contributed by atoms with Gasteiger partial charge in [-0.3, -0.25) is 0 Å². The molecule has 0 aromatic heterocycles. The van der Waals surface area contributed by atoms with Crippen molar-refractivity contribution >= 4 is 17.3 Å². The molecule has 4 aromatic carbocycles. The van der Waals surface area contributed by atoms with Crippen LogP contribution in [0.15, 0.2) is 97.1 Å². The van der Waals surface area contributed by atoms with E-state index in [1.807, 2.05) is 6.07 Å². The minimum atomic E-state index is -0.101. The number of methoxy groups -OCH3 is 2. The van der Waals surface area contributed by atoms with Crippen LogP contribution >= 0.6 is 0 Å². The molecular weight excluding hydrogens is 518 g/mol. The zero-order valence-corrected chi connectivity index (χ0v) is 24.8. The van der Waals surface area contributed by atoms with Gasteiger partial charge in [0, 0.05) is 39.4 Å². The van der Waals surface area contributed by atoms with Crippen molar-refractivity contribution in [2.24, 2.45) is 5.92 Å². The number of piperidine rings is 1. The molecule has 4 aromatic rings. The number of benzene rings is 4. The van der Waals surface area contributed by atoms with Crippen LogP contribution in [0.1, 0.15) is 47.9 Å². The molecule has 0 amide bonds. The highest BCUT2D eigenvalue weighted by Crippen LogP contribution is 2.40. The van der Waals surface area contributed by atoms with E-state index in [0.29, 0.717) is 12.5 Å². The average Bonchev–Trinajstić information content (AvgIpc) is 3.07. The Kier molecular flexibility index (Phi) is 9.03. The topological polar surface area (TPSA) is 30.9 Å². The summed E-state index contributed by atoms with van der Waals surface area (Å²) >= 11 is 0. The van der Waals surface area contributed by atoms with Crippen LogP contribution in [-0.4, -0.2) is 33.6 Å². The van der Waals surface area contributed by atoms with E-state index in [4.69, 9.17) is 14.2 Å². The van der Waals surface area contributed by atoms with Crippen molar-refractivity contribution in [2.75, 3.05) is 32.2 Å². The van der Waals surface area contributed by atoms with Gasteiger partial charge in [0.1, 0.15) is 12.4 Å². The number of nitrogens with zero attached hydrogens (tertiary/aromatic N) is 1. The average molecular weight is 560 g/mol. The Morgan fingerprint density at radius 3 is 2.14 bits per heavy atom. The molecule has 2 aliphatic rings. The summed E-state index contributed by atoms with van der Waals surface area (Å²) < 4.78 is 17.2. The third kappa shape index (κ3) is 6.61. The van der Waals surface area contributed by atoms with E-state index in [-0.39, 0.29) is 6.29 Å². The van der Waals surface area contributed by atoms with Gasteiger partial charge < -0.3 is 19.1 Å². The Bertz CT molecular complexity index is 1470. The molecular formula is C38H41NO3. The molecule has 0 radical (unpaired) electrons. The SMILES string of the molecule is COC(CC1CCN(c2ccc(-c3cc(OCc4ccccc4)cc4c3C=C(c3ccccc3)CC4)cc2)CC1)OC. The van der Waals surface area contributed by atoms with E-state index in [0.717, 1.165) is 50.9 Å². The summed E-state index contributed by atoms with van der Waals surface area (Å²) in [5.41, 5.74) is 10.3. The maximum atomic E-state index is 6.36. The molecule has 216 valence electrons. The van der Waals surface area contributed by atoms with Gasteiger partial charge >= 0.3 is 0 Å². The molecule has 0 bridgehead atoms. The molecule has 6 rings (SSSR count). The van der Waals surface area contributed by atoms with E-state index in [9.17, 15) is 0 Å². The zero-order valence-electron chi connectivity index (χ0n) is 24.8. The highest BCUT2D eigenvalue weighted by atomic mass is 16.7. The molecule has 1 aliphatic heterocycles. The van der Waals surface area contributed by atoms with Gasteiger partial charge in [-0.15, -0.1) is 0 Å². The number of aryl methyl sites for hydroxylation is 1. The van der Waals surface area contributed by atoms with Crippen molar-refractivity contribution in [3.63, 3.8) is 0 Å². The summed E-state index contributed by atoms with van der Waals surface area (Å²) in [6.45, 7) is 2.69. The summed E-state index contributed by atoms with van der Waals surface area (Å²) in [7, 11) is 3.46. The zero-order chi connectivity index (χ0) is 28.7. The fraction of sp³-hybridized carbons (Fsp3) is 0.316. The van der Waals surface area contributed by atoms with E-state index in [1.165, 1.54) is 44.6 Å². The second kappa shape index (κ2) is 13.4. The Balaban J connectivity index is 1.25. The van der Waals surface area contributed by atoms with E-state index in [2.05, 4.69) is 102 Å². The molecule has 1 aliphatic carbocycles. The van der Waals surface area contributed by atoms with Gasteiger partial charge in [0.25, 0.3) is 0 Å². The summed E-state index contributed by atoms with van der Waals surface area (Å²) in [6.07, 6.45) is 7.62. The first kappa shape index (κ1) is 28.3. The van der Waals surface area contributed by atoms with E-state index in [1.54, 1.807) is 14.2 Å². The van der Waals surface area contributed by atoms with Crippen molar-refractivity contribution in [1.82, 2.24) is 0 Å². The summed E-state index contributed by atoms with van der Waals surface area (Å²) in [5, 5.41) is 0. The maximum Gasteiger partial charge on any atom is 0.157 e. The van der Waals surface area contributed by atoms with E-state index >= 15 is 0 Å². The van der Waals surface area contributed by atoms with Crippen LogP contribution in [-0.2, 0) is 22.5 Å². The quantitative estimate of drug-likeness (QED) is 0.182. The maximum absolute atomic E-state index is 6.36. The largest absolute Gasteiger partial charge is 0.489 e. The predicted molar refractivity (Wildman–Crippen MR) is 173 cm³/mol. The first-order valence-electron chi connectivity index (χ1n) is 15.2. The number of hydrogen-bond acceptors (Lipinski definition) is 4. The Morgan fingerprint density at radius 1 is 0.762 bits per heavy atom. The van der Waals surface area contributed by atoms with Gasteiger partial charge in [0.2, 0.25) is 0 Å². The first-order valence-corrected chi connectivity index (χ1v) is 15.2. The van der Waals surface area contributed by atoms with Gasteiger partial charge in [-0.1, -0.05) is 78.9 Å². The molecule has 0 N–H and O–H groups in total. The van der Waals surface area contributed by atoms with Crippen molar-refractivity contribution in [1.29, 1.82) is 0 Å². The van der Waals surface area contributed by atoms with Gasteiger partial charge in [-0.25, -0.2) is 0 Å². The van der Waals surface area contributed by atoms with Crippen molar-refractivity contribution in [3.05, 3.63) is 119 Å². The van der Waals surface area contributed by atoms with Crippen molar-refractivity contribution in [2.45, 2.75) is 45.0 Å². The van der Waals surface area contributed by atoms with Crippen LogP contribution in [0.4, 0.5) is 5.69 Å². The normalized spacial score (nSPS) is 15.4. The summed E-state index contributed by atoms with van der Waals surface area (Å²) in [4.78, 5) is 2.51. The summed E-state index contributed by atoms with van der Waals surface area (Å²) in [5.74, 6) is 1.57. The third-order valence-corrected chi connectivity index (χ3v) is 8.82. The molecule has 0 saturated carbocycles. The number of fused-ring (bicyclic) bond motifs is 1. The minimum Gasteiger partial charge on any atom is -0.489 e. The van der Waals surface area contributed by atoms with Crippen LogP contribution in [0.2, 0.25) is 0 Å². The van der Waals surface area contributed by atoms with Crippen molar-refractivity contribution < 1.29 is 14.2 Å². The monoisotopic (exact) mass is 559 g/mol. The highest BCUT2D eigenvalue weighted by molar-refractivity contribution is 5.91. The molecule has 4 heteroatoms. The highest BCUT2D eigenvalue weighted by Gasteiger charge is 2.23. The Labute approximate surface area is 250 Å². The van der Waals surface area contributed by atoms with Crippen LogP contribution < -0.4 is 9.64 Å². The number of hydrogen-bond donors (Lipinski definition) is 0. The lowest BCUT2D eigenvalue weighted by atomic mass is 9.84. The van der Waals surface area contributed by atoms with Gasteiger partial charge in [0.15, 0.2) is 6.29 Å². The lowest BCUT2D eigenvalue weighted by molar-refractivity contribution is -0.115. The van der Waals surface area contributed by atoms with Gasteiger partial charge in [-0.2, -0.15) is 0 Å². The Morgan fingerprint density at radius 2 is 1.45 bits per heavy atom. The second-order valence-electron chi connectivity index (χ2n) is 11.5. The van der Waals surface area contributed by atoms with Crippen LogP contribution in [0, 0.1) is 5.92 Å². The lowest BCUT2D eigenvalue weighted by Crippen LogP contribution is -2.35. The fourth-order valence-electron chi connectivity index (χ4n) is 6.36. The van der Waals surface area contributed by atoms with Crippen LogP contribution in [0.25, 0.3) is 22.8 Å². The minimum absolute atomic E-state index is 0.101.